The van der Waals surface area contributed by atoms with Crippen LogP contribution in [-0.2, 0) is 6.54 Å². The van der Waals surface area contributed by atoms with Gasteiger partial charge in [-0.25, -0.2) is 4.98 Å². The van der Waals surface area contributed by atoms with Crippen molar-refractivity contribution in [3.05, 3.63) is 27.9 Å². The van der Waals surface area contributed by atoms with E-state index in [4.69, 9.17) is 0 Å². The Labute approximate surface area is 101 Å². The molecule has 1 fully saturated rings. The Morgan fingerprint density at radius 1 is 1.47 bits per heavy atom. The Bertz CT molecular complexity index is 447. The van der Waals surface area contributed by atoms with Gasteiger partial charge in [-0.3, -0.25) is 9.36 Å². The smallest absolute Gasteiger partial charge is 0.253 e. The quantitative estimate of drug-likeness (QED) is 0.863. The second-order valence-electron chi connectivity index (χ2n) is 5.01. The normalized spacial score (nSPS) is 18.5. The van der Waals surface area contributed by atoms with Crippen molar-refractivity contribution < 1.29 is 5.11 Å². The molecule has 1 aliphatic carbocycles. The average molecular weight is 236 g/mol. The maximum atomic E-state index is 11.8. The Balaban J connectivity index is 2.15. The highest BCUT2D eigenvalue weighted by Crippen LogP contribution is 2.28. The maximum Gasteiger partial charge on any atom is 0.253 e. The van der Waals surface area contributed by atoms with Crippen molar-refractivity contribution in [2.75, 3.05) is 0 Å². The minimum atomic E-state index is -0.418. The van der Waals surface area contributed by atoms with Crippen LogP contribution in [0.25, 0.3) is 0 Å². The third-order valence-corrected chi connectivity index (χ3v) is 3.64. The van der Waals surface area contributed by atoms with Gasteiger partial charge < -0.3 is 5.11 Å². The van der Waals surface area contributed by atoms with E-state index in [1.165, 1.54) is 18.9 Å². The van der Waals surface area contributed by atoms with E-state index in [1.54, 1.807) is 4.57 Å². The molecule has 0 saturated heterocycles. The fourth-order valence-corrected chi connectivity index (χ4v) is 2.66. The Kier molecular flexibility index (Phi) is 3.62. The van der Waals surface area contributed by atoms with Crippen molar-refractivity contribution in [3.8, 4) is 0 Å². The zero-order chi connectivity index (χ0) is 12.4. The fraction of sp³-hybridized carbons (Fsp3) is 0.692. The number of aryl methyl sites for hydroxylation is 2. The van der Waals surface area contributed by atoms with Gasteiger partial charge in [0.1, 0.15) is 5.82 Å². The molecule has 1 aliphatic rings. The highest BCUT2D eigenvalue weighted by molar-refractivity contribution is 5.02. The first kappa shape index (κ1) is 12.3. The highest BCUT2D eigenvalue weighted by Gasteiger charge is 2.24. The van der Waals surface area contributed by atoms with E-state index in [0.717, 1.165) is 18.5 Å². The molecule has 0 spiro atoms. The van der Waals surface area contributed by atoms with Crippen molar-refractivity contribution in [1.29, 1.82) is 0 Å². The molecule has 0 aromatic carbocycles. The molecule has 1 saturated carbocycles. The van der Waals surface area contributed by atoms with Crippen molar-refractivity contribution in [2.24, 2.45) is 5.92 Å². The van der Waals surface area contributed by atoms with Crippen LogP contribution < -0.4 is 5.56 Å². The van der Waals surface area contributed by atoms with Crippen LogP contribution >= 0.6 is 0 Å². The summed E-state index contributed by atoms with van der Waals surface area (Å²) in [7, 11) is 0. The van der Waals surface area contributed by atoms with Crippen LogP contribution in [0.3, 0.4) is 0 Å². The standard InChI is InChI=1S/C13H20N2O2/c1-9-7-13(17)15(10(2)14-9)8-12(16)11-5-3-4-6-11/h7,11-12,16H,3-6,8H2,1-2H3. The van der Waals surface area contributed by atoms with Gasteiger partial charge in [0.25, 0.3) is 5.56 Å². The van der Waals surface area contributed by atoms with Gasteiger partial charge in [0.05, 0.1) is 12.6 Å². The van der Waals surface area contributed by atoms with Crippen LogP contribution in [0.15, 0.2) is 10.9 Å². The van der Waals surface area contributed by atoms with E-state index in [-0.39, 0.29) is 5.56 Å². The summed E-state index contributed by atoms with van der Waals surface area (Å²) in [6.07, 6.45) is 4.13. The monoisotopic (exact) mass is 236 g/mol. The number of hydrogen-bond donors (Lipinski definition) is 1. The lowest BCUT2D eigenvalue weighted by Gasteiger charge is -2.19. The molecule has 2 rings (SSSR count). The van der Waals surface area contributed by atoms with Gasteiger partial charge >= 0.3 is 0 Å². The largest absolute Gasteiger partial charge is 0.391 e. The third kappa shape index (κ3) is 2.75. The number of aromatic nitrogens is 2. The van der Waals surface area contributed by atoms with Crippen LogP contribution in [0, 0.1) is 19.8 Å². The first-order valence-electron chi connectivity index (χ1n) is 6.31. The lowest BCUT2D eigenvalue weighted by molar-refractivity contribution is 0.0909. The van der Waals surface area contributed by atoms with Crippen LogP contribution in [0.5, 0.6) is 0 Å². The number of hydrogen-bond acceptors (Lipinski definition) is 3. The zero-order valence-electron chi connectivity index (χ0n) is 10.5. The number of aliphatic hydroxyl groups is 1. The number of rotatable bonds is 3. The van der Waals surface area contributed by atoms with Crippen molar-refractivity contribution >= 4 is 0 Å². The molecule has 0 aliphatic heterocycles. The lowest BCUT2D eigenvalue weighted by atomic mass is 10.0. The summed E-state index contributed by atoms with van der Waals surface area (Å²) in [6, 6.07) is 1.52. The Morgan fingerprint density at radius 3 is 2.71 bits per heavy atom. The van der Waals surface area contributed by atoms with E-state index in [2.05, 4.69) is 4.98 Å². The molecule has 1 unspecified atom stereocenters. The van der Waals surface area contributed by atoms with Gasteiger partial charge in [0, 0.05) is 11.8 Å². The zero-order valence-corrected chi connectivity index (χ0v) is 10.5. The summed E-state index contributed by atoms with van der Waals surface area (Å²) in [6.45, 7) is 4.00. The van der Waals surface area contributed by atoms with Crippen LogP contribution in [-0.4, -0.2) is 20.8 Å². The van der Waals surface area contributed by atoms with Crippen LogP contribution in [0.2, 0.25) is 0 Å². The average Bonchev–Trinajstić information content (AvgIpc) is 2.76. The minimum Gasteiger partial charge on any atom is -0.391 e. The topological polar surface area (TPSA) is 55.1 Å². The van der Waals surface area contributed by atoms with Crippen molar-refractivity contribution in [3.63, 3.8) is 0 Å². The summed E-state index contributed by atoms with van der Waals surface area (Å²) in [5.74, 6) is 1.04. The maximum absolute atomic E-state index is 11.8. The predicted octanol–water partition coefficient (Wildman–Crippen LogP) is 1.41. The molecule has 0 radical (unpaired) electrons. The van der Waals surface area contributed by atoms with E-state index in [0.29, 0.717) is 18.3 Å². The van der Waals surface area contributed by atoms with E-state index in [9.17, 15) is 9.90 Å². The molecule has 1 heterocycles. The molecule has 17 heavy (non-hydrogen) atoms. The second-order valence-corrected chi connectivity index (χ2v) is 5.01. The first-order valence-corrected chi connectivity index (χ1v) is 6.31. The molecular weight excluding hydrogens is 216 g/mol. The van der Waals surface area contributed by atoms with Gasteiger partial charge in [-0.15, -0.1) is 0 Å². The molecule has 4 nitrogen and oxygen atoms in total. The number of nitrogens with zero attached hydrogens (tertiary/aromatic N) is 2. The molecule has 4 heteroatoms. The summed E-state index contributed by atoms with van der Waals surface area (Å²) < 4.78 is 1.58. The first-order chi connectivity index (χ1) is 8.08. The van der Waals surface area contributed by atoms with Gasteiger partial charge in [0.2, 0.25) is 0 Å². The van der Waals surface area contributed by atoms with Gasteiger partial charge in [-0.05, 0) is 32.6 Å². The Hall–Kier alpha value is -1.16. The van der Waals surface area contributed by atoms with Crippen molar-refractivity contribution in [1.82, 2.24) is 9.55 Å². The van der Waals surface area contributed by atoms with Gasteiger partial charge in [-0.1, -0.05) is 12.8 Å². The minimum absolute atomic E-state index is 0.0629. The molecule has 1 N–H and O–H groups in total. The molecule has 0 amide bonds. The van der Waals surface area contributed by atoms with Gasteiger partial charge in [0.15, 0.2) is 0 Å². The predicted molar refractivity (Wildman–Crippen MR) is 65.9 cm³/mol. The summed E-state index contributed by atoms with van der Waals surface area (Å²) in [5, 5.41) is 10.1. The summed E-state index contributed by atoms with van der Waals surface area (Å²) in [5.41, 5.74) is 0.672. The second kappa shape index (κ2) is 5.00. The van der Waals surface area contributed by atoms with E-state index >= 15 is 0 Å². The van der Waals surface area contributed by atoms with Crippen LogP contribution in [0.1, 0.15) is 37.2 Å². The summed E-state index contributed by atoms with van der Waals surface area (Å²) in [4.78, 5) is 16.1. The highest BCUT2D eigenvalue weighted by atomic mass is 16.3. The fourth-order valence-electron chi connectivity index (χ4n) is 2.66. The van der Waals surface area contributed by atoms with Gasteiger partial charge in [-0.2, -0.15) is 0 Å². The number of aliphatic hydroxyl groups excluding tert-OH is 1. The lowest BCUT2D eigenvalue weighted by Crippen LogP contribution is -2.32. The van der Waals surface area contributed by atoms with E-state index in [1.807, 2.05) is 13.8 Å². The molecule has 94 valence electrons. The third-order valence-electron chi connectivity index (χ3n) is 3.64. The molecule has 1 aromatic heterocycles. The Morgan fingerprint density at radius 2 is 2.12 bits per heavy atom. The van der Waals surface area contributed by atoms with Crippen molar-refractivity contribution in [2.45, 2.75) is 52.2 Å². The molecule has 1 aromatic rings. The molecule has 1 atom stereocenters. The summed E-state index contributed by atoms with van der Waals surface area (Å²) >= 11 is 0. The van der Waals surface area contributed by atoms with Crippen LogP contribution in [0.4, 0.5) is 0 Å². The van der Waals surface area contributed by atoms with E-state index < -0.39 is 6.10 Å². The SMILES string of the molecule is Cc1cc(=O)n(CC(O)C2CCCC2)c(C)n1. The molecule has 0 bridgehead atoms. The molecular formula is C13H20N2O2.